The van der Waals surface area contributed by atoms with Crippen LogP contribution in [0.1, 0.15) is 18.4 Å². The van der Waals surface area contributed by atoms with Crippen LogP contribution in [0.2, 0.25) is 9.36 Å². The Bertz CT molecular complexity index is 1210. The van der Waals surface area contributed by atoms with Crippen LogP contribution < -0.4 is 10.1 Å². The minimum absolute atomic E-state index is 0.147. The molecule has 1 saturated heterocycles. The van der Waals surface area contributed by atoms with Crippen molar-refractivity contribution in [3.8, 4) is 11.5 Å². The van der Waals surface area contributed by atoms with E-state index in [-0.39, 0.29) is 16.7 Å². The number of nitrogens with zero attached hydrogens (tertiary/aromatic N) is 1. The Kier molecular flexibility index (Phi) is 7.07. The number of thiophene rings is 1. The lowest BCUT2D eigenvalue weighted by Gasteiger charge is -2.22. The first-order valence-electron chi connectivity index (χ1n) is 9.90. The first-order chi connectivity index (χ1) is 15.3. The number of rotatable bonds is 7. The topological polar surface area (TPSA) is 75.7 Å². The monoisotopic (exact) mass is 510 g/mol. The molecule has 2 heterocycles. The van der Waals surface area contributed by atoms with Crippen molar-refractivity contribution in [1.82, 2.24) is 9.62 Å². The van der Waals surface area contributed by atoms with Crippen molar-refractivity contribution in [3.05, 3.63) is 75.6 Å². The Morgan fingerprint density at radius 2 is 1.88 bits per heavy atom. The third kappa shape index (κ3) is 5.27. The summed E-state index contributed by atoms with van der Waals surface area (Å²) in [6, 6.07) is 16.6. The SMILES string of the molecule is O=C(NCc1cccc(Oc2ccc(Cl)cc2)c1)[C@@H]1CCCN1S(=O)(=O)c1ccc(Cl)s1. The first kappa shape index (κ1) is 23.1. The molecule has 1 aromatic heterocycles. The van der Waals surface area contributed by atoms with Gasteiger partial charge in [0.05, 0.1) is 4.34 Å². The van der Waals surface area contributed by atoms with Crippen LogP contribution in [0, 0.1) is 0 Å². The summed E-state index contributed by atoms with van der Waals surface area (Å²) in [5.74, 6) is 0.951. The normalized spacial score (nSPS) is 16.8. The molecular formula is C22H20Cl2N2O4S2. The highest BCUT2D eigenvalue weighted by Crippen LogP contribution is 2.32. The van der Waals surface area contributed by atoms with Gasteiger partial charge in [0, 0.05) is 18.1 Å². The van der Waals surface area contributed by atoms with Gasteiger partial charge in [0.2, 0.25) is 5.91 Å². The molecule has 4 rings (SSSR count). The fourth-order valence-corrected chi connectivity index (χ4v) is 6.90. The van der Waals surface area contributed by atoms with Crippen LogP contribution in [0.5, 0.6) is 11.5 Å². The number of carbonyl (C=O) groups excluding carboxylic acids is 1. The summed E-state index contributed by atoms with van der Waals surface area (Å²) < 4.78 is 33.5. The van der Waals surface area contributed by atoms with Gasteiger partial charge in [-0.05, 0) is 66.9 Å². The van der Waals surface area contributed by atoms with Gasteiger partial charge in [0.25, 0.3) is 10.0 Å². The summed E-state index contributed by atoms with van der Waals surface area (Å²) >= 11 is 12.8. The molecule has 0 bridgehead atoms. The average Bonchev–Trinajstić information content (AvgIpc) is 3.44. The van der Waals surface area contributed by atoms with Crippen LogP contribution in [-0.2, 0) is 21.4 Å². The number of sulfonamides is 1. The predicted molar refractivity (Wildman–Crippen MR) is 126 cm³/mol. The number of halogens is 2. The van der Waals surface area contributed by atoms with E-state index in [2.05, 4.69) is 5.32 Å². The number of hydrogen-bond acceptors (Lipinski definition) is 5. The maximum absolute atomic E-state index is 12.9. The molecule has 10 heteroatoms. The standard InChI is InChI=1S/C22H20Cl2N2O4S2/c23-16-6-8-17(9-7-16)30-18-4-1-3-15(13-18)14-25-22(27)19-5-2-12-26(19)32(28,29)21-11-10-20(24)31-21/h1,3-4,6-11,13,19H,2,5,12,14H2,(H,25,27)/t19-/m0/s1. The molecule has 3 aromatic rings. The number of hydrogen-bond donors (Lipinski definition) is 1. The summed E-state index contributed by atoms with van der Waals surface area (Å²) in [6.07, 6.45) is 1.10. The first-order valence-corrected chi connectivity index (χ1v) is 12.9. The van der Waals surface area contributed by atoms with Crippen molar-refractivity contribution in [2.75, 3.05) is 6.54 Å². The summed E-state index contributed by atoms with van der Waals surface area (Å²) in [6.45, 7) is 0.562. The average molecular weight is 511 g/mol. The zero-order chi connectivity index (χ0) is 22.7. The number of benzene rings is 2. The fraction of sp³-hybridized carbons (Fsp3) is 0.227. The molecule has 0 radical (unpaired) electrons. The van der Waals surface area contributed by atoms with E-state index in [1.165, 1.54) is 10.4 Å². The number of amides is 1. The van der Waals surface area contributed by atoms with Crippen LogP contribution in [-0.4, -0.2) is 31.2 Å². The van der Waals surface area contributed by atoms with Crippen LogP contribution in [0.15, 0.2) is 64.9 Å². The molecule has 0 saturated carbocycles. The minimum Gasteiger partial charge on any atom is -0.457 e. The van der Waals surface area contributed by atoms with E-state index in [1.54, 1.807) is 30.3 Å². The summed E-state index contributed by atoms with van der Waals surface area (Å²) in [4.78, 5) is 12.8. The van der Waals surface area contributed by atoms with Crippen LogP contribution in [0.3, 0.4) is 0 Å². The van der Waals surface area contributed by atoms with Gasteiger partial charge in [-0.1, -0.05) is 35.3 Å². The summed E-state index contributed by atoms with van der Waals surface area (Å²) in [5.41, 5.74) is 0.835. The van der Waals surface area contributed by atoms with Crippen molar-refractivity contribution in [2.24, 2.45) is 0 Å². The summed E-state index contributed by atoms with van der Waals surface area (Å²) in [5, 5.41) is 3.48. The molecule has 0 aliphatic carbocycles. The lowest BCUT2D eigenvalue weighted by Crippen LogP contribution is -2.45. The third-order valence-electron chi connectivity index (χ3n) is 5.03. The van der Waals surface area contributed by atoms with Crippen molar-refractivity contribution in [3.63, 3.8) is 0 Å². The molecule has 0 unspecified atom stereocenters. The van der Waals surface area contributed by atoms with Gasteiger partial charge >= 0.3 is 0 Å². The largest absolute Gasteiger partial charge is 0.457 e. The van der Waals surface area contributed by atoms with Crippen LogP contribution >= 0.6 is 34.5 Å². The minimum atomic E-state index is -3.76. The van der Waals surface area contributed by atoms with Crippen LogP contribution in [0.25, 0.3) is 0 Å². The molecule has 1 aliphatic rings. The Labute approximate surface area is 200 Å². The molecular weight excluding hydrogens is 491 g/mol. The maximum Gasteiger partial charge on any atom is 0.253 e. The molecule has 1 fully saturated rings. The number of ether oxygens (including phenoxy) is 1. The van der Waals surface area contributed by atoms with Gasteiger partial charge in [-0.2, -0.15) is 4.31 Å². The quantitative estimate of drug-likeness (QED) is 0.466. The molecule has 0 spiro atoms. The lowest BCUT2D eigenvalue weighted by molar-refractivity contribution is -0.124. The zero-order valence-corrected chi connectivity index (χ0v) is 20.0. The third-order valence-corrected chi connectivity index (χ3v) is 8.89. The Morgan fingerprint density at radius 3 is 2.59 bits per heavy atom. The fourth-order valence-electron chi connectivity index (χ4n) is 3.51. The van der Waals surface area contributed by atoms with E-state index >= 15 is 0 Å². The van der Waals surface area contributed by atoms with Crippen molar-refractivity contribution in [1.29, 1.82) is 0 Å². The summed E-state index contributed by atoms with van der Waals surface area (Å²) in [7, 11) is -3.76. The molecule has 32 heavy (non-hydrogen) atoms. The van der Waals surface area contributed by atoms with E-state index in [0.29, 0.717) is 40.2 Å². The van der Waals surface area contributed by atoms with E-state index in [0.717, 1.165) is 16.9 Å². The lowest BCUT2D eigenvalue weighted by atomic mass is 10.2. The van der Waals surface area contributed by atoms with Crippen molar-refractivity contribution >= 4 is 50.5 Å². The van der Waals surface area contributed by atoms with Crippen molar-refractivity contribution in [2.45, 2.75) is 29.6 Å². The van der Waals surface area contributed by atoms with E-state index < -0.39 is 16.1 Å². The second-order valence-electron chi connectivity index (χ2n) is 7.25. The van der Waals surface area contributed by atoms with Crippen molar-refractivity contribution < 1.29 is 17.9 Å². The van der Waals surface area contributed by atoms with E-state index in [4.69, 9.17) is 27.9 Å². The Hall–Kier alpha value is -2.10. The predicted octanol–water partition coefficient (Wildman–Crippen LogP) is 5.32. The highest BCUT2D eigenvalue weighted by Gasteiger charge is 2.39. The van der Waals surface area contributed by atoms with Gasteiger partial charge in [-0.3, -0.25) is 4.79 Å². The zero-order valence-electron chi connectivity index (χ0n) is 16.8. The Balaban J connectivity index is 1.40. The van der Waals surface area contributed by atoms with Gasteiger partial charge in [0.15, 0.2) is 0 Å². The molecule has 1 atom stereocenters. The van der Waals surface area contributed by atoms with Gasteiger partial charge in [-0.15, -0.1) is 11.3 Å². The molecule has 2 aromatic carbocycles. The van der Waals surface area contributed by atoms with E-state index in [1.807, 2.05) is 24.3 Å². The Morgan fingerprint density at radius 1 is 1.09 bits per heavy atom. The van der Waals surface area contributed by atoms with Gasteiger partial charge < -0.3 is 10.1 Å². The van der Waals surface area contributed by atoms with Gasteiger partial charge in [-0.25, -0.2) is 8.42 Å². The molecule has 6 nitrogen and oxygen atoms in total. The molecule has 1 aliphatic heterocycles. The molecule has 1 N–H and O–H groups in total. The molecule has 1 amide bonds. The second kappa shape index (κ2) is 9.80. The highest BCUT2D eigenvalue weighted by molar-refractivity contribution is 7.91. The van der Waals surface area contributed by atoms with Crippen LogP contribution in [0.4, 0.5) is 0 Å². The van der Waals surface area contributed by atoms with E-state index in [9.17, 15) is 13.2 Å². The maximum atomic E-state index is 12.9. The second-order valence-corrected chi connectivity index (χ2v) is 11.5. The number of carbonyl (C=O) groups is 1. The smallest absolute Gasteiger partial charge is 0.253 e. The highest BCUT2D eigenvalue weighted by atomic mass is 35.5. The molecule has 168 valence electrons. The number of nitrogens with one attached hydrogen (secondary N) is 1. The van der Waals surface area contributed by atoms with Gasteiger partial charge in [0.1, 0.15) is 21.8 Å².